The van der Waals surface area contributed by atoms with Crippen LogP contribution < -0.4 is 0 Å². The average molecular weight is 263 g/mol. The van der Waals surface area contributed by atoms with Crippen molar-refractivity contribution in [2.24, 2.45) is 5.92 Å². The van der Waals surface area contributed by atoms with E-state index in [1.807, 2.05) is 6.07 Å². The van der Waals surface area contributed by atoms with Gasteiger partial charge in [-0.2, -0.15) is 5.26 Å². The smallest absolute Gasteiger partial charge is 0.154 e. The van der Waals surface area contributed by atoms with E-state index in [1.54, 1.807) is 24.3 Å². The maximum Gasteiger partial charge on any atom is 0.154 e. The monoisotopic (exact) mass is 263 g/mol. The highest BCUT2D eigenvalue weighted by atomic mass is 32.2. The fourth-order valence-electron chi connectivity index (χ4n) is 2.52. The molecule has 96 valence electrons. The van der Waals surface area contributed by atoms with Crippen molar-refractivity contribution in [2.75, 3.05) is 5.75 Å². The predicted octanol–water partition coefficient (Wildman–Crippen LogP) is 2.66. The van der Waals surface area contributed by atoms with Crippen molar-refractivity contribution in [3.05, 3.63) is 35.4 Å². The zero-order valence-corrected chi connectivity index (χ0v) is 11.1. The van der Waals surface area contributed by atoms with Crippen molar-refractivity contribution in [3.8, 4) is 6.07 Å². The van der Waals surface area contributed by atoms with E-state index in [1.165, 1.54) is 0 Å². The Morgan fingerprint density at radius 2 is 1.78 bits per heavy atom. The summed E-state index contributed by atoms with van der Waals surface area (Å²) in [7, 11) is -3.02. The lowest BCUT2D eigenvalue weighted by atomic mass is 10.1. The molecule has 0 heterocycles. The molecule has 0 aliphatic heterocycles. The van der Waals surface area contributed by atoms with Crippen molar-refractivity contribution in [3.63, 3.8) is 0 Å². The Labute approximate surface area is 108 Å². The molecule has 0 radical (unpaired) electrons. The Hall–Kier alpha value is -1.34. The molecule has 1 aliphatic rings. The highest BCUT2D eigenvalue weighted by Gasteiger charge is 2.22. The molecule has 0 N–H and O–H groups in total. The van der Waals surface area contributed by atoms with Crippen molar-refractivity contribution < 1.29 is 8.42 Å². The van der Waals surface area contributed by atoms with E-state index in [2.05, 4.69) is 0 Å². The molecule has 3 nitrogen and oxygen atoms in total. The Morgan fingerprint density at radius 3 is 2.33 bits per heavy atom. The number of hydrogen-bond acceptors (Lipinski definition) is 3. The van der Waals surface area contributed by atoms with Crippen molar-refractivity contribution in [2.45, 2.75) is 31.4 Å². The summed E-state index contributed by atoms with van der Waals surface area (Å²) in [5, 5.41) is 8.68. The maximum absolute atomic E-state index is 12.0. The van der Waals surface area contributed by atoms with Gasteiger partial charge in [0.1, 0.15) is 0 Å². The minimum Gasteiger partial charge on any atom is -0.228 e. The van der Waals surface area contributed by atoms with E-state index in [9.17, 15) is 8.42 Å². The van der Waals surface area contributed by atoms with Gasteiger partial charge in [-0.25, -0.2) is 8.42 Å². The molecule has 0 saturated heterocycles. The summed E-state index contributed by atoms with van der Waals surface area (Å²) in [6.07, 6.45) is 4.42. The summed E-state index contributed by atoms with van der Waals surface area (Å²) in [6.45, 7) is 0. The number of nitrogens with zero attached hydrogens (tertiary/aromatic N) is 1. The molecule has 18 heavy (non-hydrogen) atoms. The van der Waals surface area contributed by atoms with Crippen molar-refractivity contribution >= 4 is 9.84 Å². The first-order valence-corrected chi connectivity index (χ1v) is 8.11. The molecule has 0 unspecified atom stereocenters. The number of nitriles is 1. The van der Waals surface area contributed by atoms with Crippen LogP contribution in [-0.2, 0) is 15.6 Å². The van der Waals surface area contributed by atoms with Gasteiger partial charge in [0.2, 0.25) is 0 Å². The standard InChI is InChI=1S/C14H17NO2S/c15-9-12-5-7-14(8-6-12)11-18(16,17)10-13-3-1-2-4-13/h5-8,13H,1-4,10-11H2. The van der Waals surface area contributed by atoms with Crippen molar-refractivity contribution in [1.82, 2.24) is 0 Å². The van der Waals surface area contributed by atoms with Gasteiger partial charge in [0, 0.05) is 0 Å². The highest BCUT2D eigenvalue weighted by Crippen LogP contribution is 2.26. The molecular weight excluding hydrogens is 246 g/mol. The van der Waals surface area contributed by atoms with Crippen LogP contribution in [0.1, 0.15) is 36.8 Å². The fraction of sp³-hybridized carbons (Fsp3) is 0.500. The third-order valence-electron chi connectivity index (χ3n) is 3.43. The van der Waals surface area contributed by atoms with E-state index >= 15 is 0 Å². The Bertz CT molecular complexity index is 534. The largest absolute Gasteiger partial charge is 0.228 e. The molecule has 1 aromatic rings. The Balaban J connectivity index is 2.00. The molecule has 0 aromatic heterocycles. The molecule has 0 spiro atoms. The SMILES string of the molecule is N#Cc1ccc(CS(=O)(=O)CC2CCCC2)cc1. The molecule has 1 aliphatic carbocycles. The number of rotatable bonds is 4. The molecule has 2 rings (SSSR count). The average Bonchev–Trinajstić information content (AvgIpc) is 2.81. The second-order valence-corrected chi connectivity index (χ2v) is 7.12. The van der Waals surface area contributed by atoms with Gasteiger partial charge in [0.25, 0.3) is 0 Å². The van der Waals surface area contributed by atoms with Gasteiger partial charge in [-0.3, -0.25) is 0 Å². The number of hydrogen-bond donors (Lipinski definition) is 0. The lowest BCUT2D eigenvalue weighted by Gasteiger charge is -2.09. The zero-order valence-electron chi connectivity index (χ0n) is 10.3. The van der Waals surface area contributed by atoms with Crippen molar-refractivity contribution in [1.29, 1.82) is 5.26 Å². The minimum absolute atomic E-state index is 0.0925. The highest BCUT2D eigenvalue weighted by molar-refractivity contribution is 7.90. The van der Waals surface area contributed by atoms with Crippen LogP contribution in [0.3, 0.4) is 0 Å². The van der Waals surface area contributed by atoms with Gasteiger partial charge in [-0.05, 0) is 36.5 Å². The van der Waals surface area contributed by atoms with E-state index < -0.39 is 9.84 Å². The molecule has 0 amide bonds. The second kappa shape index (κ2) is 5.53. The first-order chi connectivity index (χ1) is 8.59. The summed E-state index contributed by atoms with van der Waals surface area (Å²) in [4.78, 5) is 0. The van der Waals surface area contributed by atoms with Crippen LogP contribution in [0.5, 0.6) is 0 Å². The number of sulfone groups is 1. The van der Waals surface area contributed by atoms with Gasteiger partial charge in [0.05, 0.1) is 23.1 Å². The number of benzene rings is 1. The van der Waals surface area contributed by atoms with Crippen LogP contribution in [0, 0.1) is 17.2 Å². The summed E-state index contributed by atoms with van der Waals surface area (Å²) >= 11 is 0. The van der Waals surface area contributed by atoms with E-state index in [-0.39, 0.29) is 5.75 Å². The summed E-state index contributed by atoms with van der Waals surface area (Å²) < 4.78 is 24.1. The van der Waals surface area contributed by atoms with E-state index in [0.29, 0.717) is 17.2 Å². The lowest BCUT2D eigenvalue weighted by Crippen LogP contribution is -2.15. The molecule has 0 bridgehead atoms. The fourth-order valence-corrected chi connectivity index (χ4v) is 4.39. The topological polar surface area (TPSA) is 57.9 Å². The Morgan fingerprint density at radius 1 is 1.17 bits per heavy atom. The quantitative estimate of drug-likeness (QED) is 0.839. The Kier molecular flexibility index (Phi) is 4.03. The second-order valence-electron chi connectivity index (χ2n) is 5.01. The van der Waals surface area contributed by atoms with Crippen LogP contribution >= 0.6 is 0 Å². The molecule has 1 saturated carbocycles. The molecule has 1 fully saturated rings. The third-order valence-corrected chi connectivity index (χ3v) is 5.19. The summed E-state index contributed by atoms with van der Waals surface area (Å²) in [5.74, 6) is 0.760. The molecule has 0 atom stereocenters. The van der Waals surface area contributed by atoms with Crippen LogP contribution in [0.25, 0.3) is 0 Å². The molecule has 1 aromatic carbocycles. The summed E-state index contributed by atoms with van der Waals surface area (Å²) in [5.41, 5.74) is 1.33. The zero-order chi connectivity index (χ0) is 13.0. The van der Waals surface area contributed by atoms with Crippen LogP contribution in [0.4, 0.5) is 0 Å². The predicted molar refractivity (Wildman–Crippen MR) is 70.6 cm³/mol. The van der Waals surface area contributed by atoms with Gasteiger partial charge in [-0.1, -0.05) is 25.0 Å². The van der Waals surface area contributed by atoms with Crippen LogP contribution in [0.2, 0.25) is 0 Å². The van der Waals surface area contributed by atoms with Gasteiger partial charge < -0.3 is 0 Å². The minimum atomic E-state index is -3.02. The normalized spacial score (nSPS) is 16.6. The first kappa shape index (κ1) is 13.1. The van der Waals surface area contributed by atoms with Crippen LogP contribution in [0.15, 0.2) is 24.3 Å². The van der Waals surface area contributed by atoms with E-state index in [4.69, 9.17) is 5.26 Å². The van der Waals surface area contributed by atoms with Gasteiger partial charge >= 0.3 is 0 Å². The van der Waals surface area contributed by atoms with Gasteiger partial charge in [-0.15, -0.1) is 0 Å². The van der Waals surface area contributed by atoms with E-state index in [0.717, 1.165) is 31.2 Å². The third kappa shape index (κ3) is 3.58. The van der Waals surface area contributed by atoms with Crippen LogP contribution in [-0.4, -0.2) is 14.2 Å². The van der Waals surface area contributed by atoms with Gasteiger partial charge in [0.15, 0.2) is 9.84 Å². The lowest BCUT2D eigenvalue weighted by molar-refractivity contribution is 0.558. The maximum atomic E-state index is 12.0. The molecular formula is C14H17NO2S. The molecule has 4 heteroatoms. The first-order valence-electron chi connectivity index (χ1n) is 6.28. The summed E-state index contributed by atoms with van der Waals surface area (Å²) in [6, 6.07) is 8.81.